The smallest absolute Gasteiger partial charge is 0.266 e. The molecule has 0 aromatic heterocycles. The van der Waals surface area contributed by atoms with E-state index in [1.54, 1.807) is 48.5 Å². The molecule has 24 heavy (non-hydrogen) atoms. The van der Waals surface area contributed by atoms with Gasteiger partial charge in [0.15, 0.2) is 0 Å². The van der Waals surface area contributed by atoms with Crippen molar-refractivity contribution >= 4 is 29.1 Å². The first-order chi connectivity index (χ1) is 11.5. The van der Waals surface area contributed by atoms with Gasteiger partial charge in [-0.05, 0) is 42.3 Å². The summed E-state index contributed by atoms with van der Waals surface area (Å²) in [6.07, 6.45) is 0.445. The van der Waals surface area contributed by atoms with Crippen LogP contribution in [0.1, 0.15) is 41.0 Å². The van der Waals surface area contributed by atoms with Crippen LogP contribution in [0.25, 0.3) is 0 Å². The summed E-state index contributed by atoms with van der Waals surface area (Å²) < 4.78 is 0. The maximum atomic E-state index is 12.4. The average Bonchev–Trinajstić information content (AvgIpc) is 2.80. The van der Waals surface area contributed by atoms with E-state index >= 15 is 0 Å². The molecule has 0 fully saturated rings. The van der Waals surface area contributed by atoms with Crippen molar-refractivity contribution in [3.8, 4) is 0 Å². The minimum absolute atomic E-state index is 0.0570. The van der Waals surface area contributed by atoms with E-state index in [4.69, 9.17) is 0 Å². The molecule has 1 aliphatic rings. The topological polar surface area (TPSA) is 66.5 Å². The highest BCUT2D eigenvalue weighted by atomic mass is 16.2. The molecule has 2 aromatic rings. The van der Waals surface area contributed by atoms with Crippen molar-refractivity contribution in [2.75, 3.05) is 10.2 Å². The Bertz CT molecular complexity index is 775. The summed E-state index contributed by atoms with van der Waals surface area (Å²) in [6, 6.07) is 13.5. The van der Waals surface area contributed by atoms with Gasteiger partial charge in [-0.2, -0.15) is 0 Å². The number of hydrogen-bond acceptors (Lipinski definition) is 3. The van der Waals surface area contributed by atoms with Gasteiger partial charge in [0.25, 0.3) is 11.8 Å². The quantitative estimate of drug-likeness (QED) is 0.877. The number of carbonyl (C=O) groups excluding carboxylic acids is 3. The number of nitrogens with one attached hydrogen (secondary N) is 1. The van der Waals surface area contributed by atoms with E-state index in [1.165, 1.54) is 0 Å². The maximum absolute atomic E-state index is 12.4. The zero-order valence-electron chi connectivity index (χ0n) is 13.6. The normalized spacial score (nSPS) is 13.4. The van der Waals surface area contributed by atoms with Crippen molar-refractivity contribution in [3.63, 3.8) is 0 Å². The first-order valence-corrected chi connectivity index (χ1v) is 7.85. The number of anilines is 2. The molecule has 5 heteroatoms. The van der Waals surface area contributed by atoms with Gasteiger partial charge in [-0.15, -0.1) is 0 Å². The van der Waals surface area contributed by atoms with Gasteiger partial charge in [0.2, 0.25) is 5.91 Å². The predicted octanol–water partition coefficient (Wildman–Crippen LogP) is 3.47. The van der Waals surface area contributed by atoms with Gasteiger partial charge in [-0.25, -0.2) is 4.90 Å². The number of imide groups is 1. The second kappa shape index (κ2) is 6.28. The van der Waals surface area contributed by atoms with Crippen LogP contribution < -0.4 is 10.2 Å². The van der Waals surface area contributed by atoms with Crippen LogP contribution in [-0.2, 0) is 4.79 Å². The highest BCUT2D eigenvalue weighted by molar-refractivity contribution is 6.34. The van der Waals surface area contributed by atoms with Crippen molar-refractivity contribution in [2.45, 2.75) is 20.3 Å². The molecule has 0 radical (unpaired) electrons. The molecule has 0 bridgehead atoms. The standard InChI is InChI=1S/C19H18N2O3/c1-12(2)11-17(22)20-13-7-9-14(10-8-13)21-18(23)15-5-3-4-6-16(15)19(21)24/h3-10,12H,11H2,1-2H3,(H,20,22). The number of amides is 3. The lowest BCUT2D eigenvalue weighted by Gasteiger charge is -2.14. The highest BCUT2D eigenvalue weighted by Gasteiger charge is 2.36. The van der Waals surface area contributed by atoms with Gasteiger partial charge in [-0.1, -0.05) is 26.0 Å². The van der Waals surface area contributed by atoms with Gasteiger partial charge < -0.3 is 5.32 Å². The summed E-state index contributed by atoms with van der Waals surface area (Å²) in [5.74, 6) is -0.430. The van der Waals surface area contributed by atoms with Crippen molar-refractivity contribution in [1.82, 2.24) is 0 Å². The fourth-order valence-electron chi connectivity index (χ4n) is 2.70. The van der Waals surface area contributed by atoms with Crippen molar-refractivity contribution in [2.24, 2.45) is 5.92 Å². The van der Waals surface area contributed by atoms with E-state index in [-0.39, 0.29) is 23.6 Å². The molecule has 5 nitrogen and oxygen atoms in total. The highest BCUT2D eigenvalue weighted by Crippen LogP contribution is 2.29. The number of nitrogens with zero attached hydrogens (tertiary/aromatic N) is 1. The zero-order valence-corrected chi connectivity index (χ0v) is 13.6. The number of fused-ring (bicyclic) bond motifs is 1. The van der Waals surface area contributed by atoms with E-state index in [1.807, 2.05) is 13.8 Å². The van der Waals surface area contributed by atoms with Crippen molar-refractivity contribution < 1.29 is 14.4 Å². The largest absolute Gasteiger partial charge is 0.326 e. The predicted molar refractivity (Wildman–Crippen MR) is 92.1 cm³/mol. The Morgan fingerprint density at radius 2 is 1.50 bits per heavy atom. The monoisotopic (exact) mass is 322 g/mol. The van der Waals surface area contributed by atoms with Gasteiger partial charge >= 0.3 is 0 Å². The molecular formula is C19H18N2O3. The minimum Gasteiger partial charge on any atom is -0.326 e. The van der Waals surface area contributed by atoms with Gasteiger partial charge in [0.1, 0.15) is 0 Å². The number of benzene rings is 2. The number of rotatable bonds is 4. The van der Waals surface area contributed by atoms with Gasteiger partial charge in [0.05, 0.1) is 16.8 Å². The molecule has 0 atom stereocenters. The Hall–Kier alpha value is -2.95. The van der Waals surface area contributed by atoms with Crippen LogP contribution in [0.5, 0.6) is 0 Å². The molecule has 2 aromatic carbocycles. The van der Waals surface area contributed by atoms with Crippen LogP contribution in [0, 0.1) is 5.92 Å². The van der Waals surface area contributed by atoms with Crippen LogP contribution in [0.3, 0.4) is 0 Å². The summed E-state index contributed by atoms with van der Waals surface area (Å²) in [7, 11) is 0. The molecule has 1 aliphatic heterocycles. The lowest BCUT2D eigenvalue weighted by atomic mass is 10.1. The third-order valence-corrected chi connectivity index (χ3v) is 3.80. The van der Waals surface area contributed by atoms with E-state index in [0.29, 0.717) is 28.9 Å². The third kappa shape index (κ3) is 2.93. The minimum atomic E-state index is -0.327. The first-order valence-electron chi connectivity index (χ1n) is 7.85. The maximum Gasteiger partial charge on any atom is 0.266 e. The zero-order chi connectivity index (χ0) is 17.3. The summed E-state index contributed by atoms with van der Waals surface area (Å²) in [4.78, 5) is 37.8. The van der Waals surface area contributed by atoms with Crippen LogP contribution in [-0.4, -0.2) is 17.7 Å². The Morgan fingerprint density at radius 3 is 2.00 bits per heavy atom. The lowest BCUT2D eigenvalue weighted by Crippen LogP contribution is -2.29. The molecule has 0 unspecified atom stereocenters. The molecule has 0 aliphatic carbocycles. The second-order valence-corrected chi connectivity index (χ2v) is 6.18. The summed E-state index contributed by atoms with van der Waals surface area (Å²) in [6.45, 7) is 3.95. The van der Waals surface area contributed by atoms with E-state index in [9.17, 15) is 14.4 Å². The molecule has 1 heterocycles. The molecular weight excluding hydrogens is 304 g/mol. The van der Waals surface area contributed by atoms with Crippen LogP contribution in [0.4, 0.5) is 11.4 Å². The van der Waals surface area contributed by atoms with Crippen molar-refractivity contribution in [3.05, 3.63) is 59.7 Å². The molecule has 3 rings (SSSR count). The summed E-state index contributed by atoms with van der Waals surface area (Å²) in [5, 5.41) is 2.80. The summed E-state index contributed by atoms with van der Waals surface area (Å²) in [5.41, 5.74) is 1.96. The lowest BCUT2D eigenvalue weighted by molar-refractivity contribution is -0.116. The molecule has 0 saturated heterocycles. The molecule has 3 amide bonds. The van der Waals surface area contributed by atoms with Gasteiger partial charge in [0, 0.05) is 12.1 Å². The van der Waals surface area contributed by atoms with E-state index in [0.717, 1.165) is 4.90 Å². The molecule has 1 N–H and O–H groups in total. The van der Waals surface area contributed by atoms with E-state index in [2.05, 4.69) is 5.32 Å². The summed E-state index contributed by atoms with van der Waals surface area (Å²) >= 11 is 0. The van der Waals surface area contributed by atoms with Crippen LogP contribution in [0.2, 0.25) is 0 Å². The fraction of sp³-hybridized carbons (Fsp3) is 0.211. The van der Waals surface area contributed by atoms with Gasteiger partial charge in [-0.3, -0.25) is 14.4 Å². The Labute approximate surface area is 140 Å². The third-order valence-electron chi connectivity index (χ3n) is 3.80. The molecule has 0 saturated carbocycles. The SMILES string of the molecule is CC(C)CC(=O)Nc1ccc(N2C(=O)c3ccccc3C2=O)cc1. The average molecular weight is 322 g/mol. The number of carbonyl (C=O) groups is 3. The van der Waals surface area contributed by atoms with Crippen LogP contribution in [0.15, 0.2) is 48.5 Å². The fourth-order valence-corrected chi connectivity index (χ4v) is 2.70. The molecule has 0 spiro atoms. The Morgan fingerprint density at radius 1 is 0.958 bits per heavy atom. The Balaban J connectivity index is 1.79. The van der Waals surface area contributed by atoms with Crippen LogP contribution >= 0.6 is 0 Å². The second-order valence-electron chi connectivity index (χ2n) is 6.18. The van der Waals surface area contributed by atoms with Crippen molar-refractivity contribution in [1.29, 1.82) is 0 Å². The number of hydrogen-bond donors (Lipinski definition) is 1. The molecule has 122 valence electrons. The first kappa shape index (κ1) is 15.9. The Kier molecular flexibility index (Phi) is 4.16. The van der Waals surface area contributed by atoms with E-state index < -0.39 is 0 Å².